The van der Waals surface area contributed by atoms with E-state index in [-0.39, 0.29) is 11.5 Å². The molecule has 0 aliphatic heterocycles. The van der Waals surface area contributed by atoms with Crippen molar-refractivity contribution in [3.8, 4) is 0 Å². The molecule has 1 aliphatic carbocycles. The van der Waals surface area contributed by atoms with Gasteiger partial charge in [0.25, 0.3) is 0 Å². The molecule has 1 saturated carbocycles. The maximum Gasteiger partial charge on any atom is 0.331 e. The summed E-state index contributed by atoms with van der Waals surface area (Å²) in [6, 6.07) is 0. The highest BCUT2D eigenvalue weighted by atomic mass is 16.4. The van der Waals surface area contributed by atoms with Gasteiger partial charge in [0.15, 0.2) is 0 Å². The van der Waals surface area contributed by atoms with Crippen LogP contribution < -0.4 is 5.32 Å². The Bertz CT molecular complexity index is 360. The van der Waals surface area contributed by atoms with Crippen LogP contribution in [0.2, 0.25) is 0 Å². The number of amides is 1. The van der Waals surface area contributed by atoms with Crippen LogP contribution in [-0.4, -0.2) is 23.5 Å². The zero-order chi connectivity index (χ0) is 13.7. The summed E-state index contributed by atoms with van der Waals surface area (Å²) < 4.78 is 0. The Balaban J connectivity index is 2.50. The summed E-state index contributed by atoms with van der Waals surface area (Å²) in [4.78, 5) is 22.6. The van der Waals surface area contributed by atoms with Gasteiger partial charge in [-0.1, -0.05) is 26.2 Å². The topological polar surface area (TPSA) is 66.4 Å². The van der Waals surface area contributed by atoms with Gasteiger partial charge in [0.2, 0.25) is 5.91 Å². The fraction of sp³-hybridized carbons (Fsp3) is 0.714. The van der Waals surface area contributed by atoms with Crippen molar-refractivity contribution in [1.82, 2.24) is 5.32 Å². The number of hydrogen-bond donors (Lipinski definition) is 2. The van der Waals surface area contributed by atoms with Crippen LogP contribution >= 0.6 is 0 Å². The van der Waals surface area contributed by atoms with Crippen LogP contribution in [0.25, 0.3) is 0 Å². The van der Waals surface area contributed by atoms with E-state index in [2.05, 4.69) is 12.2 Å². The standard InChI is InChI=1S/C14H23NO3/c1-9-6-4-5-7-12(9)8-15-13(16)10(2)11(3)14(17)18/h9,12H,4-8H2,1-3H3,(H,15,16)(H,17,18). The second kappa shape index (κ2) is 6.57. The van der Waals surface area contributed by atoms with Crippen molar-refractivity contribution in [2.45, 2.75) is 46.5 Å². The lowest BCUT2D eigenvalue weighted by molar-refractivity contribution is -0.133. The highest BCUT2D eigenvalue weighted by Gasteiger charge is 2.22. The number of hydrogen-bond acceptors (Lipinski definition) is 2. The second-order valence-corrected chi connectivity index (χ2v) is 5.29. The molecular formula is C14H23NO3. The summed E-state index contributed by atoms with van der Waals surface area (Å²) >= 11 is 0. The monoisotopic (exact) mass is 253 g/mol. The SMILES string of the molecule is CC(C(=O)O)=C(C)C(=O)NCC1CCCCC1C. The van der Waals surface area contributed by atoms with Crippen molar-refractivity contribution in [1.29, 1.82) is 0 Å². The molecule has 18 heavy (non-hydrogen) atoms. The number of nitrogens with one attached hydrogen (secondary N) is 1. The summed E-state index contributed by atoms with van der Waals surface area (Å²) in [5, 5.41) is 11.7. The van der Waals surface area contributed by atoms with Crippen molar-refractivity contribution < 1.29 is 14.7 Å². The molecule has 1 amide bonds. The average molecular weight is 253 g/mol. The fourth-order valence-electron chi connectivity index (χ4n) is 2.38. The molecule has 2 N–H and O–H groups in total. The molecule has 0 heterocycles. The molecule has 0 saturated heterocycles. The van der Waals surface area contributed by atoms with Crippen LogP contribution in [-0.2, 0) is 9.59 Å². The Morgan fingerprint density at radius 2 is 1.78 bits per heavy atom. The third-order valence-electron chi connectivity index (χ3n) is 4.04. The van der Waals surface area contributed by atoms with Crippen LogP contribution in [0.3, 0.4) is 0 Å². The lowest BCUT2D eigenvalue weighted by atomic mass is 9.80. The molecular weight excluding hydrogens is 230 g/mol. The van der Waals surface area contributed by atoms with Crippen molar-refractivity contribution >= 4 is 11.9 Å². The summed E-state index contributed by atoms with van der Waals surface area (Å²) in [5.41, 5.74) is 0.412. The van der Waals surface area contributed by atoms with E-state index in [0.29, 0.717) is 24.0 Å². The van der Waals surface area contributed by atoms with Crippen LogP contribution in [0.15, 0.2) is 11.1 Å². The quantitative estimate of drug-likeness (QED) is 0.756. The lowest BCUT2D eigenvalue weighted by Crippen LogP contribution is -2.34. The molecule has 0 bridgehead atoms. The number of carboxylic acids is 1. The summed E-state index contributed by atoms with van der Waals surface area (Å²) in [6.45, 7) is 5.90. The first-order valence-electron chi connectivity index (χ1n) is 6.62. The van der Waals surface area contributed by atoms with Crippen LogP contribution in [0.5, 0.6) is 0 Å². The van der Waals surface area contributed by atoms with E-state index in [1.807, 2.05) is 0 Å². The molecule has 1 fully saturated rings. The predicted octanol–water partition coefficient (Wildman–Crippen LogP) is 2.35. The maximum atomic E-state index is 11.8. The Morgan fingerprint density at radius 1 is 1.17 bits per heavy atom. The molecule has 1 rings (SSSR count). The molecule has 0 spiro atoms. The van der Waals surface area contributed by atoms with Crippen molar-refractivity contribution in [3.05, 3.63) is 11.1 Å². The van der Waals surface area contributed by atoms with Crippen molar-refractivity contribution in [2.24, 2.45) is 11.8 Å². The first-order valence-corrected chi connectivity index (χ1v) is 6.62. The van der Waals surface area contributed by atoms with Gasteiger partial charge >= 0.3 is 5.97 Å². The zero-order valence-corrected chi connectivity index (χ0v) is 11.5. The van der Waals surface area contributed by atoms with Gasteiger partial charge in [-0.25, -0.2) is 4.79 Å². The van der Waals surface area contributed by atoms with Crippen molar-refractivity contribution in [3.63, 3.8) is 0 Å². The molecule has 2 unspecified atom stereocenters. The molecule has 1 aliphatic rings. The van der Waals surface area contributed by atoms with Crippen LogP contribution in [0, 0.1) is 11.8 Å². The molecule has 4 heteroatoms. The number of rotatable bonds is 4. The Morgan fingerprint density at radius 3 is 2.33 bits per heavy atom. The van der Waals surface area contributed by atoms with E-state index >= 15 is 0 Å². The van der Waals surface area contributed by atoms with E-state index < -0.39 is 5.97 Å². The second-order valence-electron chi connectivity index (χ2n) is 5.29. The predicted molar refractivity (Wildman–Crippen MR) is 70.1 cm³/mol. The van der Waals surface area contributed by atoms with Gasteiger partial charge in [-0.3, -0.25) is 4.79 Å². The van der Waals surface area contributed by atoms with Crippen LogP contribution in [0.1, 0.15) is 46.5 Å². The molecule has 2 atom stereocenters. The van der Waals surface area contributed by atoms with E-state index in [1.54, 1.807) is 6.92 Å². The lowest BCUT2D eigenvalue weighted by Gasteiger charge is -2.28. The zero-order valence-electron chi connectivity index (χ0n) is 11.5. The van der Waals surface area contributed by atoms with Gasteiger partial charge in [0.1, 0.15) is 0 Å². The van der Waals surface area contributed by atoms with Crippen LogP contribution in [0.4, 0.5) is 0 Å². The summed E-state index contributed by atoms with van der Waals surface area (Å²) in [5.74, 6) is -0.120. The number of carbonyl (C=O) groups excluding carboxylic acids is 1. The summed E-state index contributed by atoms with van der Waals surface area (Å²) in [6.07, 6.45) is 4.89. The summed E-state index contributed by atoms with van der Waals surface area (Å²) in [7, 11) is 0. The number of carboxylic acid groups (broad SMARTS) is 1. The van der Waals surface area contributed by atoms with Gasteiger partial charge in [0.05, 0.1) is 0 Å². The van der Waals surface area contributed by atoms with Gasteiger partial charge < -0.3 is 10.4 Å². The highest BCUT2D eigenvalue weighted by molar-refractivity contribution is 6.01. The fourth-order valence-corrected chi connectivity index (χ4v) is 2.38. The molecule has 102 valence electrons. The minimum Gasteiger partial charge on any atom is -0.478 e. The minimum atomic E-state index is -1.03. The number of aliphatic carboxylic acids is 1. The first kappa shape index (κ1) is 14.7. The normalized spacial score (nSPS) is 25.3. The maximum absolute atomic E-state index is 11.8. The van der Waals surface area contributed by atoms with Gasteiger partial charge in [-0.2, -0.15) is 0 Å². The largest absolute Gasteiger partial charge is 0.478 e. The number of carbonyl (C=O) groups is 2. The van der Waals surface area contributed by atoms with Gasteiger partial charge in [-0.15, -0.1) is 0 Å². The van der Waals surface area contributed by atoms with E-state index in [4.69, 9.17) is 5.11 Å². The van der Waals surface area contributed by atoms with E-state index in [1.165, 1.54) is 26.2 Å². The van der Waals surface area contributed by atoms with E-state index in [9.17, 15) is 9.59 Å². The Hall–Kier alpha value is -1.32. The third kappa shape index (κ3) is 3.86. The molecule has 0 aromatic carbocycles. The molecule has 0 aromatic rings. The molecule has 0 aromatic heterocycles. The average Bonchev–Trinajstić information content (AvgIpc) is 2.35. The third-order valence-corrected chi connectivity index (χ3v) is 4.04. The van der Waals surface area contributed by atoms with Gasteiger partial charge in [0, 0.05) is 17.7 Å². The van der Waals surface area contributed by atoms with Gasteiger partial charge in [-0.05, 0) is 32.1 Å². The Labute approximate surface area is 108 Å². The molecule has 0 radical (unpaired) electrons. The smallest absolute Gasteiger partial charge is 0.331 e. The van der Waals surface area contributed by atoms with Crippen molar-refractivity contribution in [2.75, 3.05) is 6.54 Å². The highest BCUT2D eigenvalue weighted by Crippen LogP contribution is 2.28. The Kier molecular flexibility index (Phi) is 5.38. The first-order chi connectivity index (χ1) is 8.43. The van der Waals surface area contributed by atoms with E-state index in [0.717, 1.165) is 6.42 Å². The minimum absolute atomic E-state index is 0.115. The molecule has 4 nitrogen and oxygen atoms in total.